The molecule has 2 aliphatic heterocycles. The van der Waals surface area contributed by atoms with E-state index >= 15 is 0 Å². The van der Waals surface area contributed by atoms with Gasteiger partial charge in [-0.2, -0.15) is 0 Å². The minimum Gasteiger partial charge on any atom is -0.381 e. The van der Waals surface area contributed by atoms with E-state index in [0.29, 0.717) is 18.5 Å². The summed E-state index contributed by atoms with van der Waals surface area (Å²) in [5.74, 6) is 2.26. The summed E-state index contributed by atoms with van der Waals surface area (Å²) in [5, 5.41) is 3.05. The fourth-order valence-electron chi connectivity index (χ4n) is 3.72. The maximum atomic E-state index is 11.8. The van der Waals surface area contributed by atoms with E-state index in [2.05, 4.69) is 26.7 Å². The van der Waals surface area contributed by atoms with Crippen LogP contribution in [0.3, 0.4) is 0 Å². The van der Waals surface area contributed by atoms with Gasteiger partial charge in [0.2, 0.25) is 5.91 Å². The number of aromatic nitrogens is 2. The Morgan fingerprint density at radius 3 is 3.00 bits per heavy atom. The zero-order chi connectivity index (χ0) is 15.8. The first-order valence-electron chi connectivity index (χ1n) is 8.86. The molecule has 2 atom stereocenters. The van der Waals surface area contributed by atoms with E-state index in [-0.39, 0.29) is 11.8 Å². The number of nitrogens with zero attached hydrogens (tertiary/aromatic N) is 3. The zero-order valence-corrected chi connectivity index (χ0v) is 13.8. The molecular formula is C17H26N4O2. The SMILES string of the molecule is C[C@@H]1c2ncc(CNC(=O)C3CC3)n2CCN1C[C@H]1CCOC1. The normalized spacial score (nSPS) is 27.9. The minimum atomic E-state index is 0.201. The fourth-order valence-corrected chi connectivity index (χ4v) is 3.72. The third-order valence-electron chi connectivity index (χ3n) is 5.41. The van der Waals surface area contributed by atoms with Gasteiger partial charge in [-0.3, -0.25) is 9.69 Å². The summed E-state index contributed by atoms with van der Waals surface area (Å²) in [6.07, 6.45) is 5.21. The van der Waals surface area contributed by atoms with Crippen LogP contribution in [-0.2, 0) is 22.6 Å². The summed E-state index contributed by atoms with van der Waals surface area (Å²) in [4.78, 5) is 19.0. The van der Waals surface area contributed by atoms with Crippen LogP contribution in [0.5, 0.6) is 0 Å². The molecule has 0 aromatic carbocycles. The second kappa shape index (κ2) is 6.24. The van der Waals surface area contributed by atoms with Gasteiger partial charge in [-0.15, -0.1) is 0 Å². The van der Waals surface area contributed by atoms with Crippen LogP contribution in [0.1, 0.15) is 43.7 Å². The van der Waals surface area contributed by atoms with Gasteiger partial charge in [-0.05, 0) is 32.1 Å². The van der Waals surface area contributed by atoms with Crippen LogP contribution in [0, 0.1) is 11.8 Å². The van der Waals surface area contributed by atoms with Crippen molar-refractivity contribution in [1.82, 2.24) is 19.8 Å². The molecule has 3 heterocycles. The van der Waals surface area contributed by atoms with Crippen molar-refractivity contribution in [3.63, 3.8) is 0 Å². The molecule has 0 unspecified atom stereocenters. The molecule has 4 rings (SSSR count). The molecule has 3 aliphatic rings. The number of imidazole rings is 1. The summed E-state index contributed by atoms with van der Waals surface area (Å²) in [7, 11) is 0. The van der Waals surface area contributed by atoms with E-state index in [9.17, 15) is 4.79 Å². The van der Waals surface area contributed by atoms with Crippen LogP contribution in [0.2, 0.25) is 0 Å². The Morgan fingerprint density at radius 1 is 1.39 bits per heavy atom. The Bertz CT molecular complexity index is 575. The van der Waals surface area contributed by atoms with Crippen LogP contribution in [0.25, 0.3) is 0 Å². The van der Waals surface area contributed by atoms with E-state index < -0.39 is 0 Å². The Morgan fingerprint density at radius 2 is 2.26 bits per heavy atom. The number of hydrogen-bond acceptors (Lipinski definition) is 4. The molecule has 1 saturated heterocycles. The van der Waals surface area contributed by atoms with E-state index in [4.69, 9.17) is 4.74 Å². The first-order chi connectivity index (χ1) is 11.2. The van der Waals surface area contributed by atoms with Crippen LogP contribution >= 0.6 is 0 Å². The van der Waals surface area contributed by atoms with Gasteiger partial charge in [0.1, 0.15) is 5.82 Å². The summed E-state index contributed by atoms with van der Waals surface area (Å²) in [6.45, 7) is 7.75. The van der Waals surface area contributed by atoms with Crippen molar-refractivity contribution in [2.75, 3.05) is 26.3 Å². The Balaban J connectivity index is 1.39. The molecule has 1 aliphatic carbocycles. The summed E-state index contributed by atoms with van der Waals surface area (Å²) >= 11 is 0. The Labute approximate surface area is 137 Å². The number of nitrogens with one attached hydrogen (secondary N) is 1. The standard InChI is InChI=1S/C17H26N4O2/c1-12-16-18-8-15(9-19-17(22)14-2-3-14)21(16)6-5-20(12)10-13-4-7-23-11-13/h8,12-14H,2-7,9-11H2,1H3,(H,19,22)/t12-,13-/m1/s1. The predicted molar refractivity (Wildman–Crippen MR) is 85.7 cm³/mol. The highest BCUT2D eigenvalue weighted by Crippen LogP contribution is 2.30. The lowest BCUT2D eigenvalue weighted by Crippen LogP contribution is -2.40. The van der Waals surface area contributed by atoms with E-state index in [1.54, 1.807) is 0 Å². The lowest BCUT2D eigenvalue weighted by atomic mass is 10.1. The molecule has 1 amide bonds. The maximum absolute atomic E-state index is 11.8. The summed E-state index contributed by atoms with van der Waals surface area (Å²) in [5.41, 5.74) is 1.13. The van der Waals surface area contributed by atoms with Gasteiger partial charge in [0.15, 0.2) is 0 Å². The molecule has 23 heavy (non-hydrogen) atoms. The number of rotatable bonds is 5. The molecular weight excluding hydrogens is 292 g/mol. The molecule has 0 spiro atoms. The quantitative estimate of drug-likeness (QED) is 0.889. The first-order valence-corrected chi connectivity index (χ1v) is 8.86. The van der Waals surface area contributed by atoms with Crippen molar-refractivity contribution in [3.8, 4) is 0 Å². The predicted octanol–water partition coefficient (Wildman–Crippen LogP) is 1.32. The molecule has 6 nitrogen and oxygen atoms in total. The van der Waals surface area contributed by atoms with Gasteiger partial charge in [-0.25, -0.2) is 4.98 Å². The third kappa shape index (κ3) is 3.15. The molecule has 0 bridgehead atoms. The number of amides is 1. The lowest BCUT2D eigenvalue weighted by Gasteiger charge is -2.35. The van der Waals surface area contributed by atoms with Crippen LogP contribution in [0.15, 0.2) is 6.20 Å². The average molecular weight is 318 g/mol. The van der Waals surface area contributed by atoms with Gasteiger partial charge in [0.05, 0.1) is 31.1 Å². The third-order valence-corrected chi connectivity index (χ3v) is 5.41. The van der Waals surface area contributed by atoms with Gasteiger partial charge < -0.3 is 14.6 Å². The Kier molecular flexibility index (Phi) is 4.11. The highest BCUT2D eigenvalue weighted by molar-refractivity contribution is 5.80. The summed E-state index contributed by atoms with van der Waals surface area (Å²) in [6, 6.07) is 0.331. The molecule has 1 aromatic rings. The second-order valence-corrected chi connectivity index (χ2v) is 7.15. The van der Waals surface area contributed by atoms with Gasteiger partial charge >= 0.3 is 0 Å². The molecule has 1 saturated carbocycles. The number of carbonyl (C=O) groups excluding carboxylic acids is 1. The smallest absolute Gasteiger partial charge is 0.223 e. The van der Waals surface area contributed by atoms with E-state index in [0.717, 1.165) is 57.2 Å². The number of ether oxygens (including phenoxy) is 1. The number of carbonyl (C=O) groups is 1. The van der Waals surface area contributed by atoms with Crippen molar-refractivity contribution in [2.24, 2.45) is 11.8 Å². The highest BCUT2D eigenvalue weighted by Gasteiger charge is 2.31. The minimum absolute atomic E-state index is 0.201. The molecule has 2 fully saturated rings. The van der Waals surface area contributed by atoms with Crippen molar-refractivity contribution >= 4 is 5.91 Å². The summed E-state index contributed by atoms with van der Waals surface area (Å²) < 4.78 is 7.79. The number of hydrogen-bond donors (Lipinski definition) is 1. The van der Waals surface area contributed by atoms with Crippen molar-refractivity contribution in [2.45, 2.75) is 45.3 Å². The van der Waals surface area contributed by atoms with Crippen molar-refractivity contribution < 1.29 is 9.53 Å². The van der Waals surface area contributed by atoms with Crippen LogP contribution in [-0.4, -0.2) is 46.7 Å². The zero-order valence-electron chi connectivity index (χ0n) is 13.8. The monoisotopic (exact) mass is 318 g/mol. The van der Waals surface area contributed by atoms with Crippen molar-refractivity contribution in [3.05, 3.63) is 17.7 Å². The van der Waals surface area contributed by atoms with Crippen LogP contribution in [0.4, 0.5) is 0 Å². The van der Waals surface area contributed by atoms with Crippen LogP contribution < -0.4 is 5.32 Å². The van der Waals surface area contributed by atoms with Gasteiger partial charge in [0.25, 0.3) is 0 Å². The second-order valence-electron chi connectivity index (χ2n) is 7.15. The topological polar surface area (TPSA) is 59.4 Å². The maximum Gasteiger partial charge on any atom is 0.223 e. The lowest BCUT2D eigenvalue weighted by molar-refractivity contribution is -0.122. The number of fused-ring (bicyclic) bond motifs is 1. The highest BCUT2D eigenvalue weighted by atomic mass is 16.5. The molecule has 6 heteroatoms. The van der Waals surface area contributed by atoms with Gasteiger partial charge in [-0.1, -0.05) is 0 Å². The molecule has 1 aromatic heterocycles. The van der Waals surface area contributed by atoms with Gasteiger partial charge in [0, 0.05) is 32.2 Å². The molecule has 1 N–H and O–H groups in total. The van der Waals surface area contributed by atoms with E-state index in [1.165, 1.54) is 6.42 Å². The van der Waals surface area contributed by atoms with E-state index in [1.807, 2.05) is 6.20 Å². The average Bonchev–Trinajstić information content (AvgIpc) is 3.13. The largest absolute Gasteiger partial charge is 0.381 e. The first kappa shape index (κ1) is 15.1. The molecule has 0 radical (unpaired) electrons. The molecule has 126 valence electrons. The Hall–Kier alpha value is -1.40. The fraction of sp³-hybridized carbons (Fsp3) is 0.765. The van der Waals surface area contributed by atoms with Crippen molar-refractivity contribution in [1.29, 1.82) is 0 Å².